The molecule has 0 heterocycles. The van der Waals surface area contributed by atoms with Crippen LogP contribution in [0.25, 0.3) is 0 Å². The van der Waals surface area contributed by atoms with Crippen LogP contribution in [0, 0.1) is 11.8 Å². The summed E-state index contributed by atoms with van der Waals surface area (Å²) in [6, 6.07) is 43.4. The lowest BCUT2D eigenvalue weighted by atomic mass is 9.98. The summed E-state index contributed by atoms with van der Waals surface area (Å²) < 4.78 is 0. The molecule has 0 amide bonds. The number of carbonyl (C=O) groups is 2. The average Bonchev–Trinajstić information content (AvgIpc) is 3.97. The normalized spacial score (nSPS) is 23.6. The summed E-state index contributed by atoms with van der Waals surface area (Å²) in [7, 11) is 0. The third-order valence-electron chi connectivity index (χ3n) is 8.48. The number of rotatable bonds is 10. The fraction of sp³-hybridized carbons (Fsp3) is 0.158. The minimum atomic E-state index is -0.131. The van der Waals surface area contributed by atoms with Crippen molar-refractivity contribution in [1.82, 2.24) is 0 Å². The Morgan fingerprint density at radius 2 is 0.864 bits per heavy atom. The van der Waals surface area contributed by atoms with Crippen LogP contribution in [-0.4, -0.2) is 22.1 Å². The highest BCUT2D eigenvalue weighted by atomic mass is 35.5. The molecular formula is C38H28Cl2O2S2. The first-order valence-corrected chi connectivity index (χ1v) is 17.1. The zero-order valence-electron chi connectivity index (χ0n) is 23.6. The van der Waals surface area contributed by atoms with E-state index in [0.29, 0.717) is 10.0 Å². The Hall–Kier alpha value is -3.28. The molecule has 7 rings (SSSR count). The summed E-state index contributed by atoms with van der Waals surface area (Å²) >= 11 is 15.8. The van der Waals surface area contributed by atoms with Gasteiger partial charge in [-0.2, -0.15) is 0 Å². The molecule has 0 spiro atoms. The van der Waals surface area contributed by atoms with Crippen LogP contribution in [0.2, 0.25) is 10.0 Å². The van der Waals surface area contributed by atoms with Crippen molar-refractivity contribution in [3.63, 3.8) is 0 Å². The standard InChI is InChI=1S/C38H28Cl2O2S2/c39-27-14-18-29(19-15-27)43-37-31(33(37)35(41)23-8-3-1-4-9-23)25-12-7-13-26(22-25)32-34(36(42)24-10-5-2-6-11-24)38(32)44-30-20-16-28(40)17-21-30/h1-22,31-34,37-38H. The van der Waals surface area contributed by atoms with Crippen molar-refractivity contribution in [2.45, 2.75) is 32.1 Å². The predicted octanol–water partition coefficient (Wildman–Crippen LogP) is 10.5. The molecule has 44 heavy (non-hydrogen) atoms. The third kappa shape index (κ3) is 6.14. The molecule has 0 aliphatic heterocycles. The van der Waals surface area contributed by atoms with Crippen LogP contribution < -0.4 is 0 Å². The summed E-state index contributed by atoms with van der Waals surface area (Å²) in [5.41, 5.74) is 3.79. The van der Waals surface area contributed by atoms with Crippen molar-refractivity contribution in [3.05, 3.63) is 166 Å². The van der Waals surface area contributed by atoms with E-state index in [-0.39, 0.29) is 45.7 Å². The molecule has 5 aromatic carbocycles. The molecule has 0 bridgehead atoms. The highest BCUT2D eigenvalue weighted by Crippen LogP contribution is 2.61. The Labute approximate surface area is 276 Å². The maximum absolute atomic E-state index is 13.8. The second-order valence-electron chi connectivity index (χ2n) is 11.3. The number of benzene rings is 5. The molecule has 0 N–H and O–H groups in total. The first kappa shape index (κ1) is 29.4. The smallest absolute Gasteiger partial charge is 0.167 e. The van der Waals surface area contributed by atoms with E-state index in [1.807, 2.05) is 109 Å². The molecule has 218 valence electrons. The Morgan fingerprint density at radius 3 is 1.25 bits per heavy atom. The molecule has 6 unspecified atom stereocenters. The summed E-state index contributed by atoms with van der Waals surface area (Å²) in [5, 5.41) is 1.61. The lowest BCUT2D eigenvalue weighted by Gasteiger charge is -2.06. The lowest BCUT2D eigenvalue weighted by Crippen LogP contribution is -2.05. The van der Waals surface area contributed by atoms with Gasteiger partial charge in [-0.05, 0) is 59.7 Å². The van der Waals surface area contributed by atoms with Gasteiger partial charge in [0, 0.05) is 65.1 Å². The maximum atomic E-state index is 13.8. The first-order valence-electron chi connectivity index (χ1n) is 14.6. The monoisotopic (exact) mass is 650 g/mol. The summed E-state index contributed by atoms with van der Waals surface area (Å²) in [4.78, 5) is 29.7. The van der Waals surface area contributed by atoms with E-state index in [9.17, 15) is 9.59 Å². The van der Waals surface area contributed by atoms with Crippen LogP contribution in [0.4, 0.5) is 0 Å². The number of ketones is 2. The molecule has 0 saturated heterocycles. The fourth-order valence-corrected chi connectivity index (χ4v) is 9.29. The number of hydrogen-bond donors (Lipinski definition) is 0. The van der Waals surface area contributed by atoms with Crippen molar-refractivity contribution in [2.24, 2.45) is 11.8 Å². The maximum Gasteiger partial charge on any atom is 0.167 e. The summed E-state index contributed by atoms with van der Waals surface area (Å²) in [6.07, 6.45) is 0. The minimum Gasteiger partial charge on any atom is -0.294 e. The summed E-state index contributed by atoms with van der Waals surface area (Å²) in [5.74, 6) is 0.238. The van der Waals surface area contributed by atoms with Crippen molar-refractivity contribution in [2.75, 3.05) is 0 Å². The minimum absolute atomic E-state index is 0.0766. The van der Waals surface area contributed by atoms with Gasteiger partial charge in [0.05, 0.1) is 0 Å². The fourth-order valence-electron chi connectivity index (χ4n) is 6.18. The molecule has 5 aromatic rings. The number of Topliss-reactive ketones (excluding diaryl/α,β-unsaturated/α-hetero) is 2. The zero-order valence-corrected chi connectivity index (χ0v) is 26.7. The third-order valence-corrected chi connectivity index (χ3v) is 11.8. The van der Waals surface area contributed by atoms with E-state index in [1.165, 1.54) is 0 Å². The summed E-state index contributed by atoms with van der Waals surface area (Å²) in [6.45, 7) is 0. The van der Waals surface area contributed by atoms with Gasteiger partial charge in [-0.1, -0.05) is 108 Å². The number of thioether (sulfide) groups is 2. The van der Waals surface area contributed by atoms with Crippen LogP contribution in [0.15, 0.2) is 143 Å². The molecule has 2 nitrogen and oxygen atoms in total. The van der Waals surface area contributed by atoms with E-state index < -0.39 is 0 Å². The van der Waals surface area contributed by atoms with Crippen molar-refractivity contribution in [1.29, 1.82) is 0 Å². The van der Waals surface area contributed by atoms with Crippen LogP contribution in [0.1, 0.15) is 43.7 Å². The van der Waals surface area contributed by atoms with Gasteiger partial charge in [-0.15, -0.1) is 23.5 Å². The van der Waals surface area contributed by atoms with Gasteiger partial charge in [0.15, 0.2) is 11.6 Å². The van der Waals surface area contributed by atoms with Crippen LogP contribution >= 0.6 is 46.7 Å². The number of carbonyl (C=O) groups excluding carboxylic acids is 2. The molecule has 2 saturated carbocycles. The van der Waals surface area contributed by atoms with E-state index in [1.54, 1.807) is 23.5 Å². The SMILES string of the molecule is O=C(c1ccccc1)C1C(Sc2ccc(Cl)cc2)C1c1cccc(C2C(Sc3ccc(Cl)cc3)C2C(=O)c2ccccc2)c1. The van der Waals surface area contributed by atoms with Gasteiger partial charge < -0.3 is 0 Å². The number of hydrogen-bond acceptors (Lipinski definition) is 4. The molecule has 0 aromatic heterocycles. The van der Waals surface area contributed by atoms with Gasteiger partial charge in [0.25, 0.3) is 0 Å². The Kier molecular flexibility index (Phi) is 8.43. The average molecular weight is 652 g/mol. The molecule has 0 radical (unpaired) electrons. The predicted molar refractivity (Wildman–Crippen MR) is 183 cm³/mol. The first-order chi connectivity index (χ1) is 21.5. The Balaban J connectivity index is 1.19. The lowest BCUT2D eigenvalue weighted by molar-refractivity contribution is 0.0958. The van der Waals surface area contributed by atoms with Gasteiger partial charge in [0.2, 0.25) is 0 Å². The topological polar surface area (TPSA) is 34.1 Å². The van der Waals surface area contributed by atoms with Crippen LogP contribution in [0.3, 0.4) is 0 Å². The van der Waals surface area contributed by atoms with E-state index in [2.05, 4.69) is 24.3 Å². The highest BCUT2D eigenvalue weighted by molar-refractivity contribution is 8.00. The number of halogens is 2. The van der Waals surface area contributed by atoms with Gasteiger partial charge >= 0.3 is 0 Å². The largest absolute Gasteiger partial charge is 0.294 e. The van der Waals surface area contributed by atoms with Crippen molar-refractivity contribution < 1.29 is 9.59 Å². The molecular weight excluding hydrogens is 623 g/mol. The molecule has 2 aliphatic rings. The quantitative estimate of drug-likeness (QED) is 0.141. The van der Waals surface area contributed by atoms with E-state index in [4.69, 9.17) is 23.2 Å². The van der Waals surface area contributed by atoms with Crippen molar-refractivity contribution in [3.8, 4) is 0 Å². The van der Waals surface area contributed by atoms with Gasteiger partial charge in [-0.3, -0.25) is 9.59 Å². The Morgan fingerprint density at radius 1 is 0.477 bits per heavy atom. The molecule has 2 aliphatic carbocycles. The highest BCUT2D eigenvalue weighted by Gasteiger charge is 2.58. The van der Waals surface area contributed by atoms with Crippen LogP contribution in [0.5, 0.6) is 0 Å². The van der Waals surface area contributed by atoms with E-state index in [0.717, 1.165) is 32.0 Å². The molecule has 6 heteroatoms. The zero-order chi connectivity index (χ0) is 30.2. The van der Waals surface area contributed by atoms with E-state index >= 15 is 0 Å². The Bertz CT molecular complexity index is 1660. The van der Waals surface area contributed by atoms with Crippen LogP contribution in [-0.2, 0) is 0 Å². The van der Waals surface area contributed by atoms with Crippen molar-refractivity contribution >= 4 is 58.3 Å². The van der Waals surface area contributed by atoms with Gasteiger partial charge in [0.1, 0.15) is 0 Å². The molecule has 6 atom stereocenters. The molecule has 2 fully saturated rings. The van der Waals surface area contributed by atoms with Gasteiger partial charge in [-0.25, -0.2) is 0 Å². The second-order valence-corrected chi connectivity index (χ2v) is 14.7. The second kappa shape index (κ2) is 12.6.